The summed E-state index contributed by atoms with van der Waals surface area (Å²) in [6, 6.07) is 8.05. The summed E-state index contributed by atoms with van der Waals surface area (Å²) in [5, 5.41) is 7.62. The van der Waals surface area contributed by atoms with E-state index in [1.165, 1.54) is 23.3 Å². The van der Waals surface area contributed by atoms with Gasteiger partial charge in [0.1, 0.15) is 11.2 Å². The summed E-state index contributed by atoms with van der Waals surface area (Å²) >= 11 is 5.20. The van der Waals surface area contributed by atoms with E-state index in [2.05, 4.69) is 26.6 Å². The van der Waals surface area contributed by atoms with E-state index in [-0.39, 0.29) is 12.1 Å². The highest BCUT2D eigenvalue weighted by Gasteiger charge is 2.31. The molecule has 1 atom stereocenters. The van der Waals surface area contributed by atoms with Gasteiger partial charge >= 0.3 is 0 Å². The molecule has 1 aromatic heterocycles. The molecule has 1 aromatic carbocycles. The average Bonchev–Trinajstić information content (AvgIpc) is 2.86. The van der Waals surface area contributed by atoms with Crippen LogP contribution in [-0.4, -0.2) is 5.91 Å². The molecule has 108 valence electrons. The molecule has 0 saturated carbocycles. The summed E-state index contributed by atoms with van der Waals surface area (Å²) in [6.45, 7) is 0. The van der Waals surface area contributed by atoms with Crippen molar-refractivity contribution >= 4 is 38.2 Å². The van der Waals surface area contributed by atoms with Gasteiger partial charge in [-0.2, -0.15) is 0 Å². The zero-order valence-corrected chi connectivity index (χ0v) is 13.8. The van der Waals surface area contributed by atoms with Crippen molar-refractivity contribution in [2.45, 2.75) is 31.8 Å². The first-order valence-corrected chi connectivity index (χ1v) is 8.81. The van der Waals surface area contributed by atoms with Crippen LogP contribution < -0.4 is 10.6 Å². The third-order valence-corrected chi connectivity index (χ3v) is 5.90. The van der Waals surface area contributed by atoms with Crippen LogP contribution in [0.2, 0.25) is 0 Å². The van der Waals surface area contributed by atoms with E-state index < -0.39 is 0 Å². The molecule has 21 heavy (non-hydrogen) atoms. The lowest BCUT2D eigenvalue weighted by molar-refractivity contribution is 0.0935. The Morgan fingerprint density at radius 2 is 1.86 bits per heavy atom. The largest absolute Gasteiger partial charge is 0.353 e. The van der Waals surface area contributed by atoms with E-state index in [0.29, 0.717) is 0 Å². The van der Waals surface area contributed by atoms with E-state index in [4.69, 9.17) is 0 Å². The Kier molecular flexibility index (Phi) is 3.27. The molecule has 1 aliphatic heterocycles. The maximum Gasteiger partial charge on any atom is 0.256 e. The van der Waals surface area contributed by atoms with E-state index in [1.54, 1.807) is 11.3 Å². The van der Waals surface area contributed by atoms with Gasteiger partial charge in [-0.3, -0.25) is 4.79 Å². The highest BCUT2D eigenvalue weighted by molar-refractivity contribution is 9.10. The van der Waals surface area contributed by atoms with E-state index in [1.807, 2.05) is 24.3 Å². The van der Waals surface area contributed by atoms with Crippen molar-refractivity contribution in [2.24, 2.45) is 0 Å². The minimum atomic E-state index is -0.141. The molecule has 4 rings (SSSR count). The number of anilines is 1. The molecule has 1 amide bonds. The standard InChI is InChI=1S/C16H15BrN2OS/c17-10-7-5-9(6-8-10)14-18-15(20)13-11-3-1-2-4-12(11)21-16(13)19-14/h5-8,14,19H,1-4H2,(H,18,20). The van der Waals surface area contributed by atoms with Gasteiger partial charge in [0.15, 0.2) is 0 Å². The van der Waals surface area contributed by atoms with Crippen molar-refractivity contribution in [3.8, 4) is 0 Å². The fraction of sp³-hybridized carbons (Fsp3) is 0.312. The minimum absolute atomic E-state index is 0.0658. The van der Waals surface area contributed by atoms with Crippen LogP contribution in [0.3, 0.4) is 0 Å². The molecule has 2 aromatic rings. The molecule has 1 aliphatic carbocycles. The van der Waals surface area contributed by atoms with Crippen molar-refractivity contribution in [3.05, 3.63) is 50.3 Å². The maximum absolute atomic E-state index is 12.5. The maximum atomic E-state index is 12.5. The molecule has 1 unspecified atom stereocenters. The molecule has 0 fully saturated rings. The van der Waals surface area contributed by atoms with Gasteiger partial charge in [0.05, 0.1) is 5.56 Å². The van der Waals surface area contributed by atoms with E-state index in [0.717, 1.165) is 33.4 Å². The van der Waals surface area contributed by atoms with Gasteiger partial charge in [0.2, 0.25) is 0 Å². The van der Waals surface area contributed by atoms with Crippen molar-refractivity contribution in [3.63, 3.8) is 0 Å². The van der Waals surface area contributed by atoms with Crippen molar-refractivity contribution < 1.29 is 4.79 Å². The van der Waals surface area contributed by atoms with Gasteiger partial charge in [-0.05, 0) is 48.9 Å². The number of carbonyl (C=O) groups excluding carboxylic acids is 1. The number of rotatable bonds is 1. The lowest BCUT2D eigenvalue weighted by atomic mass is 9.94. The molecular weight excluding hydrogens is 348 g/mol. The van der Waals surface area contributed by atoms with Crippen LogP contribution in [0.1, 0.15) is 45.4 Å². The first kappa shape index (κ1) is 13.3. The fourth-order valence-electron chi connectivity index (χ4n) is 3.10. The zero-order valence-electron chi connectivity index (χ0n) is 11.4. The molecule has 0 radical (unpaired) electrons. The second-order valence-electron chi connectivity index (χ2n) is 5.52. The van der Waals surface area contributed by atoms with Crippen LogP contribution >= 0.6 is 27.3 Å². The molecule has 3 nitrogen and oxygen atoms in total. The molecule has 0 saturated heterocycles. The Balaban J connectivity index is 1.70. The number of hydrogen-bond donors (Lipinski definition) is 2. The number of benzene rings is 1. The summed E-state index contributed by atoms with van der Waals surface area (Å²) in [4.78, 5) is 13.9. The van der Waals surface area contributed by atoms with Gasteiger partial charge in [0.25, 0.3) is 5.91 Å². The SMILES string of the molecule is O=C1NC(c2ccc(Br)cc2)Nc2sc3c(c21)CCCC3. The number of halogens is 1. The molecule has 5 heteroatoms. The van der Waals surface area contributed by atoms with Crippen LogP contribution in [-0.2, 0) is 12.8 Å². The highest BCUT2D eigenvalue weighted by atomic mass is 79.9. The van der Waals surface area contributed by atoms with E-state index in [9.17, 15) is 4.79 Å². The Morgan fingerprint density at radius 3 is 2.67 bits per heavy atom. The Bertz CT molecular complexity index is 708. The number of thiophene rings is 1. The van der Waals surface area contributed by atoms with Crippen LogP contribution in [0.25, 0.3) is 0 Å². The molecule has 0 spiro atoms. The monoisotopic (exact) mass is 362 g/mol. The Hall–Kier alpha value is -1.33. The molecular formula is C16H15BrN2OS. The molecule has 2 aliphatic rings. The van der Waals surface area contributed by atoms with Gasteiger partial charge < -0.3 is 10.6 Å². The minimum Gasteiger partial charge on any atom is -0.353 e. The predicted molar refractivity (Wildman–Crippen MR) is 88.9 cm³/mol. The fourth-order valence-corrected chi connectivity index (χ4v) is 4.68. The first-order valence-electron chi connectivity index (χ1n) is 7.20. The van der Waals surface area contributed by atoms with Crippen LogP contribution in [0.15, 0.2) is 28.7 Å². The molecule has 0 bridgehead atoms. The van der Waals surface area contributed by atoms with Gasteiger partial charge in [-0.15, -0.1) is 11.3 Å². The second kappa shape index (κ2) is 5.14. The zero-order chi connectivity index (χ0) is 14.4. The number of nitrogens with one attached hydrogen (secondary N) is 2. The Labute approximate surface area is 135 Å². The van der Waals surface area contributed by atoms with Crippen molar-refractivity contribution in [2.75, 3.05) is 5.32 Å². The number of aryl methyl sites for hydroxylation is 1. The third kappa shape index (κ3) is 2.28. The van der Waals surface area contributed by atoms with E-state index >= 15 is 0 Å². The highest BCUT2D eigenvalue weighted by Crippen LogP contribution is 2.41. The molecule has 2 heterocycles. The van der Waals surface area contributed by atoms with Gasteiger partial charge in [-0.25, -0.2) is 0 Å². The number of hydrogen-bond acceptors (Lipinski definition) is 3. The number of amides is 1. The third-order valence-electron chi connectivity index (χ3n) is 4.15. The summed E-state index contributed by atoms with van der Waals surface area (Å²) < 4.78 is 1.04. The summed E-state index contributed by atoms with van der Waals surface area (Å²) in [7, 11) is 0. The summed E-state index contributed by atoms with van der Waals surface area (Å²) in [6.07, 6.45) is 4.45. The van der Waals surface area contributed by atoms with Gasteiger partial charge in [-0.1, -0.05) is 28.1 Å². The normalized spacial score (nSPS) is 20.2. The molecule has 2 N–H and O–H groups in total. The Morgan fingerprint density at radius 1 is 1.10 bits per heavy atom. The van der Waals surface area contributed by atoms with Crippen molar-refractivity contribution in [1.29, 1.82) is 0 Å². The quantitative estimate of drug-likeness (QED) is 0.796. The lowest BCUT2D eigenvalue weighted by Gasteiger charge is -2.26. The smallest absolute Gasteiger partial charge is 0.256 e. The summed E-state index contributed by atoms with van der Waals surface area (Å²) in [5.74, 6) is 0.0658. The second-order valence-corrected chi connectivity index (χ2v) is 7.54. The summed E-state index contributed by atoms with van der Waals surface area (Å²) in [5.41, 5.74) is 3.24. The number of carbonyl (C=O) groups is 1. The van der Waals surface area contributed by atoms with Crippen LogP contribution in [0, 0.1) is 0 Å². The van der Waals surface area contributed by atoms with Gasteiger partial charge in [0, 0.05) is 9.35 Å². The predicted octanol–water partition coefficient (Wildman–Crippen LogP) is 4.24. The lowest BCUT2D eigenvalue weighted by Crippen LogP contribution is -2.38. The van der Waals surface area contributed by atoms with Crippen molar-refractivity contribution in [1.82, 2.24) is 5.32 Å². The van der Waals surface area contributed by atoms with Crippen LogP contribution in [0.4, 0.5) is 5.00 Å². The first-order chi connectivity index (χ1) is 10.2. The average molecular weight is 363 g/mol. The number of fused-ring (bicyclic) bond motifs is 3. The topological polar surface area (TPSA) is 41.1 Å². The van der Waals surface area contributed by atoms with Crippen LogP contribution in [0.5, 0.6) is 0 Å².